The lowest BCUT2D eigenvalue weighted by molar-refractivity contribution is -0.133. The standard InChI is InChI=1S/C24H24N4O4/c29-23-9-7-20(19-6-8-21-22(14-19)32-17-31-21)25-28(23)16-24(30)27-12-10-26(11-13-27)15-18-4-2-1-3-5-18/h1-9,14H,10-13,15-17H2. The molecule has 2 aromatic carbocycles. The van der Waals surface area contributed by atoms with Crippen LogP contribution in [0.4, 0.5) is 0 Å². The Morgan fingerprint density at radius 2 is 1.69 bits per heavy atom. The first-order valence-corrected chi connectivity index (χ1v) is 10.7. The van der Waals surface area contributed by atoms with Crippen molar-refractivity contribution in [2.45, 2.75) is 13.1 Å². The number of benzene rings is 2. The molecule has 0 spiro atoms. The lowest BCUT2D eigenvalue weighted by Gasteiger charge is -2.34. The van der Waals surface area contributed by atoms with Crippen molar-refractivity contribution in [1.82, 2.24) is 19.6 Å². The number of rotatable bonds is 5. The Morgan fingerprint density at radius 3 is 2.50 bits per heavy atom. The molecule has 0 radical (unpaired) electrons. The molecule has 1 amide bonds. The molecule has 0 saturated carbocycles. The van der Waals surface area contributed by atoms with Gasteiger partial charge in [0.2, 0.25) is 12.7 Å². The Kier molecular flexibility index (Phi) is 5.60. The second kappa shape index (κ2) is 8.84. The molecule has 2 aliphatic rings. The van der Waals surface area contributed by atoms with Gasteiger partial charge in [0.05, 0.1) is 5.69 Å². The summed E-state index contributed by atoms with van der Waals surface area (Å²) >= 11 is 0. The molecular formula is C24H24N4O4. The molecule has 1 saturated heterocycles. The molecule has 164 valence electrons. The van der Waals surface area contributed by atoms with Gasteiger partial charge < -0.3 is 14.4 Å². The van der Waals surface area contributed by atoms with E-state index in [9.17, 15) is 9.59 Å². The third kappa shape index (κ3) is 4.36. The summed E-state index contributed by atoms with van der Waals surface area (Å²) in [7, 11) is 0. The maximum absolute atomic E-state index is 12.9. The van der Waals surface area contributed by atoms with E-state index >= 15 is 0 Å². The van der Waals surface area contributed by atoms with Crippen LogP contribution in [-0.2, 0) is 17.9 Å². The van der Waals surface area contributed by atoms with Crippen molar-refractivity contribution >= 4 is 5.91 Å². The van der Waals surface area contributed by atoms with E-state index in [2.05, 4.69) is 22.1 Å². The molecule has 8 nitrogen and oxygen atoms in total. The van der Waals surface area contributed by atoms with E-state index in [0.29, 0.717) is 30.3 Å². The maximum atomic E-state index is 12.9. The molecular weight excluding hydrogens is 408 g/mol. The molecule has 0 bridgehead atoms. The van der Waals surface area contributed by atoms with Gasteiger partial charge in [0.1, 0.15) is 6.54 Å². The molecule has 3 aromatic rings. The summed E-state index contributed by atoms with van der Waals surface area (Å²) in [6, 6.07) is 18.9. The van der Waals surface area contributed by atoms with Gasteiger partial charge in [-0.3, -0.25) is 14.5 Å². The normalized spacial score (nSPS) is 15.7. The number of carbonyl (C=O) groups is 1. The Bertz CT molecular complexity index is 1170. The van der Waals surface area contributed by atoms with E-state index in [4.69, 9.17) is 9.47 Å². The monoisotopic (exact) mass is 432 g/mol. The Morgan fingerprint density at radius 1 is 0.906 bits per heavy atom. The minimum atomic E-state index is -0.300. The van der Waals surface area contributed by atoms with Crippen molar-refractivity contribution in [3.05, 3.63) is 76.6 Å². The number of aromatic nitrogens is 2. The SMILES string of the molecule is O=C(Cn1nc(-c2ccc3c(c2)OCO3)ccc1=O)N1CCN(Cc2ccccc2)CC1. The molecule has 0 N–H and O–H groups in total. The fourth-order valence-electron chi connectivity index (χ4n) is 4.00. The Labute approximate surface area is 185 Å². The first-order chi connectivity index (χ1) is 15.7. The summed E-state index contributed by atoms with van der Waals surface area (Å²) in [4.78, 5) is 29.3. The van der Waals surface area contributed by atoms with Crippen LogP contribution in [0.15, 0.2) is 65.5 Å². The van der Waals surface area contributed by atoms with Gasteiger partial charge in [-0.05, 0) is 29.8 Å². The van der Waals surface area contributed by atoms with Crippen LogP contribution < -0.4 is 15.0 Å². The molecule has 0 aliphatic carbocycles. The zero-order chi connectivity index (χ0) is 21.9. The van der Waals surface area contributed by atoms with Gasteiger partial charge in [0.25, 0.3) is 5.56 Å². The molecule has 32 heavy (non-hydrogen) atoms. The van der Waals surface area contributed by atoms with Crippen molar-refractivity contribution in [3.8, 4) is 22.8 Å². The number of amides is 1. The third-order valence-corrected chi connectivity index (χ3v) is 5.79. The van der Waals surface area contributed by atoms with Crippen LogP contribution in [0.2, 0.25) is 0 Å². The van der Waals surface area contributed by atoms with Crippen molar-refractivity contribution in [1.29, 1.82) is 0 Å². The van der Waals surface area contributed by atoms with Crippen LogP contribution in [-0.4, -0.2) is 58.5 Å². The number of nitrogens with zero attached hydrogens (tertiary/aromatic N) is 4. The summed E-state index contributed by atoms with van der Waals surface area (Å²) < 4.78 is 12.0. The lowest BCUT2D eigenvalue weighted by Crippen LogP contribution is -2.49. The van der Waals surface area contributed by atoms with Crippen molar-refractivity contribution in [2.75, 3.05) is 33.0 Å². The molecule has 8 heteroatoms. The number of piperazine rings is 1. The zero-order valence-electron chi connectivity index (χ0n) is 17.6. The second-order valence-electron chi connectivity index (χ2n) is 7.93. The second-order valence-corrected chi connectivity index (χ2v) is 7.93. The summed E-state index contributed by atoms with van der Waals surface area (Å²) in [6.07, 6.45) is 0. The molecule has 1 aromatic heterocycles. The van der Waals surface area contributed by atoms with Crippen LogP contribution in [0.3, 0.4) is 0 Å². The molecule has 3 heterocycles. The van der Waals surface area contributed by atoms with Gasteiger partial charge in [-0.2, -0.15) is 5.10 Å². The van der Waals surface area contributed by atoms with Crippen LogP contribution >= 0.6 is 0 Å². The third-order valence-electron chi connectivity index (χ3n) is 5.79. The van der Waals surface area contributed by atoms with Crippen molar-refractivity contribution < 1.29 is 14.3 Å². The minimum Gasteiger partial charge on any atom is -0.454 e. The van der Waals surface area contributed by atoms with E-state index in [0.717, 1.165) is 25.2 Å². The number of hydrogen-bond acceptors (Lipinski definition) is 6. The van der Waals surface area contributed by atoms with Gasteiger partial charge in [-0.15, -0.1) is 0 Å². The summed E-state index contributed by atoms with van der Waals surface area (Å²) in [6.45, 7) is 3.89. The fourth-order valence-corrected chi connectivity index (χ4v) is 4.00. The minimum absolute atomic E-state index is 0.0735. The highest BCUT2D eigenvalue weighted by Gasteiger charge is 2.22. The van der Waals surface area contributed by atoms with E-state index < -0.39 is 0 Å². The summed E-state index contributed by atoms with van der Waals surface area (Å²) in [5.41, 5.74) is 2.36. The smallest absolute Gasteiger partial charge is 0.267 e. The highest BCUT2D eigenvalue weighted by atomic mass is 16.7. The molecule has 0 unspecified atom stereocenters. The zero-order valence-corrected chi connectivity index (χ0v) is 17.6. The fraction of sp³-hybridized carbons (Fsp3) is 0.292. The van der Waals surface area contributed by atoms with Crippen LogP contribution in [0, 0.1) is 0 Å². The van der Waals surface area contributed by atoms with Crippen molar-refractivity contribution in [2.24, 2.45) is 0 Å². The molecule has 2 aliphatic heterocycles. The maximum Gasteiger partial charge on any atom is 0.267 e. The van der Waals surface area contributed by atoms with Crippen molar-refractivity contribution in [3.63, 3.8) is 0 Å². The molecule has 1 fully saturated rings. The Balaban J connectivity index is 1.23. The number of fused-ring (bicyclic) bond motifs is 1. The van der Waals surface area contributed by atoms with E-state index in [1.807, 2.05) is 41.3 Å². The van der Waals surface area contributed by atoms with Gasteiger partial charge >= 0.3 is 0 Å². The molecule has 5 rings (SSSR count). The lowest BCUT2D eigenvalue weighted by atomic mass is 10.1. The number of ether oxygens (including phenoxy) is 2. The largest absolute Gasteiger partial charge is 0.454 e. The van der Waals surface area contributed by atoms with Gasteiger partial charge in [-0.1, -0.05) is 30.3 Å². The van der Waals surface area contributed by atoms with E-state index in [1.165, 1.54) is 16.3 Å². The topological polar surface area (TPSA) is 76.9 Å². The molecule has 0 atom stereocenters. The summed E-state index contributed by atoms with van der Waals surface area (Å²) in [5.74, 6) is 1.23. The first-order valence-electron chi connectivity index (χ1n) is 10.7. The average Bonchev–Trinajstić information content (AvgIpc) is 3.29. The average molecular weight is 432 g/mol. The highest BCUT2D eigenvalue weighted by molar-refractivity contribution is 5.76. The van der Waals surface area contributed by atoms with Gasteiger partial charge in [0, 0.05) is 44.4 Å². The van der Waals surface area contributed by atoms with Crippen LogP contribution in [0.1, 0.15) is 5.56 Å². The van der Waals surface area contributed by atoms with Gasteiger partial charge in [-0.25, -0.2) is 4.68 Å². The summed E-state index contributed by atoms with van der Waals surface area (Å²) in [5, 5.41) is 4.42. The van der Waals surface area contributed by atoms with E-state index in [-0.39, 0.29) is 24.8 Å². The predicted molar refractivity (Wildman–Crippen MR) is 118 cm³/mol. The van der Waals surface area contributed by atoms with Gasteiger partial charge in [0.15, 0.2) is 11.5 Å². The number of hydrogen-bond donors (Lipinski definition) is 0. The van der Waals surface area contributed by atoms with Crippen LogP contribution in [0.25, 0.3) is 11.3 Å². The van der Waals surface area contributed by atoms with E-state index in [1.54, 1.807) is 6.07 Å². The Hall–Kier alpha value is -3.65. The predicted octanol–water partition coefficient (Wildman–Crippen LogP) is 1.98. The van der Waals surface area contributed by atoms with Crippen LogP contribution in [0.5, 0.6) is 11.5 Å². The highest BCUT2D eigenvalue weighted by Crippen LogP contribution is 2.35. The first kappa shape index (κ1) is 20.3. The quantitative estimate of drug-likeness (QED) is 0.614. The number of carbonyl (C=O) groups excluding carboxylic acids is 1.